The topological polar surface area (TPSA) is 130 Å². The maximum absolute atomic E-state index is 12.0. The maximum atomic E-state index is 12.0. The number of benzene rings is 1. The first-order valence-electron chi connectivity index (χ1n) is 7.28. The normalized spacial score (nSPS) is 23.1. The van der Waals surface area contributed by atoms with E-state index in [0.717, 1.165) is 6.08 Å². The second kappa shape index (κ2) is 7.69. The SMILES string of the molecule is O=CO[C@H]1[CH][CH]C[C@](OC(=O)/C=C/c2ccc(O)c(O)c2)(C(=O)O)C1. The monoisotopic (exact) mass is 348 g/mol. The van der Waals surface area contributed by atoms with Gasteiger partial charge in [-0.25, -0.2) is 9.59 Å². The molecule has 1 aliphatic rings. The van der Waals surface area contributed by atoms with Gasteiger partial charge in [0.2, 0.25) is 5.60 Å². The number of carboxylic acid groups (broad SMARTS) is 1. The number of esters is 1. The van der Waals surface area contributed by atoms with Gasteiger partial charge in [-0.1, -0.05) is 6.07 Å². The van der Waals surface area contributed by atoms with E-state index >= 15 is 0 Å². The fourth-order valence-electron chi connectivity index (χ4n) is 2.39. The Morgan fingerprint density at radius 2 is 2.00 bits per heavy atom. The van der Waals surface area contributed by atoms with Gasteiger partial charge >= 0.3 is 11.9 Å². The van der Waals surface area contributed by atoms with Crippen LogP contribution in [0, 0.1) is 12.8 Å². The van der Waals surface area contributed by atoms with Gasteiger partial charge in [0.1, 0.15) is 6.10 Å². The van der Waals surface area contributed by atoms with Crippen molar-refractivity contribution in [1.29, 1.82) is 0 Å². The molecule has 8 nitrogen and oxygen atoms in total. The first-order chi connectivity index (χ1) is 11.9. The van der Waals surface area contributed by atoms with Gasteiger partial charge in [-0.15, -0.1) is 0 Å². The molecule has 2 radical (unpaired) electrons. The Hall–Kier alpha value is -3.03. The second-order valence-electron chi connectivity index (χ2n) is 5.41. The Morgan fingerprint density at radius 3 is 2.64 bits per heavy atom. The highest BCUT2D eigenvalue weighted by atomic mass is 16.6. The number of carboxylic acids is 1. The van der Waals surface area contributed by atoms with Crippen LogP contribution in [0.2, 0.25) is 0 Å². The number of aliphatic carboxylic acids is 1. The molecule has 0 bridgehead atoms. The van der Waals surface area contributed by atoms with E-state index in [1.807, 2.05) is 0 Å². The van der Waals surface area contributed by atoms with E-state index in [4.69, 9.17) is 9.47 Å². The van der Waals surface area contributed by atoms with E-state index in [1.165, 1.54) is 37.1 Å². The van der Waals surface area contributed by atoms with Crippen LogP contribution >= 0.6 is 0 Å². The molecular formula is C17H16O8. The molecule has 0 aromatic heterocycles. The first-order valence-corrected chi connectivity index (χ1v) is 7.28. The third kappa shape index (κ3) is 4.50. The zero-order chi connectivity index (χ0) is 18.4. The first kappa shape index (κ1) is 18.3. The summed E-state index contributed by atoms with van der Waals surface area (Å²) in [5.41, 5.74) is -1.43. The molecule has 2 atom stereocenters. The third-order valence-corrected chi connectivity index (χ3v) is 3.66. The van der Waals surface area contributed by atoms with Gasteiger partial charge in [0.05, 0.1) is 0 Å². The van der Waals surface area contributed by atoms with E-state index < -0.39 is 23.6 Å². The molecule has 0 aliphatic heterocycles. The minimum Gasteiger partial charge on any atom is -0.504 e. The molecule has 0 spiro atoms. The standard InChI is InChI=1S/C17H16O8/c18-10-24-12-2-1-7-17(9-12,16(22)23)25-15(21)6-4-11-3-5-13(19)14(20)8-11/h1-6,8,10,12,19-20H,7,9H2,(H,22,23)/b6-4+/t12-,17+/m0/s1. The predicted molar refractivity (Wildman–Crippen MR) is 84.0 cm³/mol. The lowest BCUT2D eigenvalue weighted by molar-refractivity contribution is -0.181. The molecule has 1 fully saturated rings. The smallest absolute Gasteiger partial charge is 0.348 e. The van der Waals surface area contributed by atoms with Crippen molar-refractivity contribution in [2.75, 3.05) is 0 Å². The van der Waals surface area contributed by atoms with Gasteiger partial charge in [-0.2, -0.15) is 0 Å². The highest BCUT2D eigenvalue weighted by Gasteiger charge is 2.47. The Kier molecular flexibility index (Phi) is 5.63. The van der Waals surface area contributed by atoms with Crippen LogP contribution in [0.5, 0.6) is 11.5 Å². The van der Waals surface area contributed by atoms with E-state index in [9.17, 15) is 29.7 Å². The summed E-state index contributed by atoms with van der Waals surface area (Å²) in [5, 5.41) is 28.1. The number of phenolic OH excluding ortho intramolecular Hbond substituents is 2. The largest absolute Gasteiger partial charge is 0.504 e. The van der Waals surface area contributed by atoms with Crippen molar-refractivity contribution in [3.05, 3.63) is 42.7 Å². The van der Waals surface area contributed by atoms with Crippen molar-refractivity contribution in [2.45, 2.75) is 24.5 Å². The van der Waals surface area contributed by atoms with Crippen LogP contribution in [0.3, 0.4) is 0 Å². The second-order valence-corrected chi connectivity index (χ2v) is 5.41. The summed E-state index contributed by atoms with van der Waals surface area (Å²) < 4.78 is 9.84. The number of aromatic hydroxyl groups is 2. The van der Waals surface area contributed by atoms with Crippen molar-refractivity contribution >= 4 is 24.5 Å². The molecule has 0 unspecified atom stereocenters. The van der Waals surface area contributed by atoms with Crippen LogP contribution in [-0.2, 0) is 23.9 Å². The number of hydrogen-bond donors (Lipinski definition) is 3. The molecule has 25 heavy (non-hydrogen) atoms. The zero-order valence-corrected chi connectivity index (χ0v) is 13.0. The van der Waals surface area contributed by atoms with Crippen LogP contribution in [0.15, 0.2) is 24.3 Å². The van der Waals surface area contributed by atoms with Crippen LogP contribution < -0.4 is 0 Å². The van der Waals surface area contributed by atoms with Crippen molar-refractivity contribution in [3.63, 3.8) is 0 Å². The van der Waals surface area contributed by atoms with Crippen LogP contribution in [0.25, 0.3) is 6.08 Å². The molecule has 132 valence electrons. The molecule has 3 N–H and O–H groups in total. The average molecular weight is 348 g/mol. The van der Waals surface area contributed by atoms with Crippen molar-refractivity contribution in [3.8, 4) is 11.5 Å². The van der Waals surface area contributed by atoms with Crippen molar-refractivity contribution in [1.82, 2.24) is 0 Å². The Balaban J connectivity index is 2.09. The number of carbonyl (C=O) groups is 3. The minimum absolute atomic E-state index is 0.0549. The Bertz CT molecular complexity index is 696. The van der Waals surface area contributed by atoms with Gasteiger partial charge < -0.3 is 24.8 Å². The summed E-state index contributed by atoms with van der Waals surface area (Å²) in [6.45, 7) is 0.200. The molecule has 1 aliphatic carbocycles. The predicted octanol–water partition coefficient (Wildman–Crippen LogP) is 1.22. The highest BCUT2D eigenvalue weighted by Crippen LogP contribution is 2.33. The van der Waals surface area contributed by atoms with E-state index in [-0.39, 0.29) is 30.8 Å². The summed E-state index contributed by atoms with van der Waals surface area (Å²) in [5.74, 6) is -2.92. The molecule has 1 saturated carbocycles. The maximum Gasteiger partial charge on any atom is 0.348 e. The fraction of sp³-hybridized carbons (Fsp3) is 0.235. The molecule has 0 heterocycles. The summed E-state index contributed by atoms with van der Waals surface area (Å²) in [4.78, 5) is 34.0. The minimum atomic E-state index is -1.83. The number of phenols is 2. The summed E-state index contributed by atoms with van der Waals surface area (Å²) in [6.07, 6.45) is 4.25. The average Bonchev–Trinajstić information content (AvgIpc) is 2.56. The van der Waals surface area contributed by atoms with Gasteiger partial charge in [0, 0.05) is 25.3 Å². The lowest BCUT2D eigenvalue weighted by atomic mass is 9.83. The molecule has 8 heteroatoms. The summed E-state index contributed by atoms with van der Waals surface area (Å²) >= 11 is 0. The lowest BCUT2D eigenvalue weighted by Crippen LogP contribution is -2.49. The highest BCUT2D eigenvalue weighted by molar-refractivity contribution is 5.90. The summed E-state index contributed by atoms with van der Waals surface area (Å²) in [6, 6.07) is 3.92. The molecule has 0 amide bonds. The molecule has 1 aromatic carbocycles. The number of ether oxygens (including phenoxy) is 2. The van der Waals surface area contributed by atoms with E-state index in [2.05, 4.69) is 0 Å². The van der Waals surface area contributed by atoms with E-state index in [1.54, 1.807) is 0 Å². The van der Waals surface area contributed by atoms with E-state index in [0.29, 0.717) is 5.56 Å². The van der Waals surface area contributed by atoms with Crippen LogP contribution in [0.1, 0.15) is 18.4 Å². The van der Waals surface area contributed by atoms with Crippen LogP contribution in [0.4, 0.5) is 0 Å². The number of carbonyl (C=O) groups excluding carboxylic acids is 2. The van der Waals surface area contributed by atoms with Crippen molar-refractivity contribution in [2.24, 2.45) is 0 Å². The van der Waals surface area contributed by atoms with Gasteiger partial charge in [0.15, 0.2) is 11.5 Å². The molecule has 0 saturated heterocycles. The Morgan fingerprint density at radius 1 is 1.24 bits per heavy atom. The van der Waals surface area contributed by atoms with Crippen LogP contribution in [-0.4, -0.2) is 45.4 Å². The molecule has 2 rings (SSSR count). The molecular weight excluding hydrogens is 332 g/mol. The number of hydrogen-bond acceptors (Lipinski definition) is 7. The molecule has 1 aromatic rings. The quantitative estimate of drug-likeness (QED) is 0.303. The van der Waals surface area contributed by atoms with Gasteiger partial charge in [-0.3, -0.25) is 4.79 Å². The zero-order valence-electron chi connectivity index (χ0n) is 13.0. The summed E-state index contributed by atoms with van der Waals surface area (Å²) in [7, 11) is 0. The number of rotatable bonds is 6. The van der Waals surface area contributed by atoms with Gasteiger partial charge in [0.25, 0.3) is 6.47 Å². The Labute approximate surface area is 143 Å². The van der Waals surface area contributed by atoms with Crippen molar-refractivity contribution < 1.29 is 39.2 Å². The third-order valence-electron chi connectivity index (χ3n) is 3.66. The lowest BCUT2D eigenvalue weighted by Gasteiger charge is -2.35. The van der Waals surface area contributed by atoms with Gasteiger partial charge in [-0.05, 0) is 30.2 Å². The fourth-order valence-corrected chi connectivity index (χ4v) is 2.39.